The predicted octanol–water partition coefficient (Wildman–Crippen LogP) is 4.45. The molecule has 0 aliphatic heterocycles. The molecule has 12 nitrogen and oxygen atoms in total. The molecule has 12 heteroatoms. The molecule has 0 aliphatic rings. The second-order valence-electron chi connectivity index (χ2n) is 6.48. The number of nitrogens with two attached hydrogens (primary N) is 1. The minimum Gasteiger partial charge on any atom is -0.382 e. The van der Waals surface area contributed by atoms with Crippen LogP contribution in [-0.4, -0.2) is 24.9 Å². The highest BCUT2D eigenvalue weighted by Crippen LogP contribution is 2.35. The molecule has 0 aliphatic carbocycles. The van der Waals surface area contributed by atoms with Gasteiger partial charge >= 0.3 is 0 Å². The lowest BCUT2D eigenvalue weighted by Gasteiger charge is -2.11. The normalized spacial score (nSPS) is 10.6. The van der Waals surface area contributed by atoms with Crippen LogP contribution in [0.15, 0.2) is 77.3 Å². The zero-order valence-corrected chi connectivity index (χ0v) is 16.8. The average molecular weight is 438 g/mol. The molecule has 0 fully saturated rings. The van der Waals surface area contributed by atoms with Crippen molar-refractivity contribution in [1.29, 1.82) is 5.26 Å². The molecular formula is C21H14N10O2. The van der Waals surface area contributed by atoms with Gasteiger partial charge in [-0.1, -0.05) is 18.2 Å². The summed E-state index contributed by atoms with van der Waals surface area (Å²) in [6, 6.07) is 14.8. The van der Waals surface area contributed by atoms with Crippen LogP contribution in [0, 0.1) is 21.4 Å². The summed E-state index contributed by atoms with van der Waals surface area (Å²) in [5.41, 5.74) is 7.29. The van der Waals surface area contributed by atoms with Gasteiger partial charge in [0.05, 0.1) is 16.7 Å². The van der Waals surface area contributed by atoms with Gasteiger partial charge < -0.3 is 11.1 Å². The van der Waals surface area contributed by atoms with Gasteiger partial charge in [0.25, 0.3) is 5.69 Å². The van der Waals surface area contributed by atoms with Gasteiger partial charge in [0.1, 0.15) is 17.5 Å². The van der Waals surface area contributed by atoms with E-state index in [1.54, 1.807) is 0 Å². The number of nitrogens with zero attached hydrogens (tertiary/aromatic N) is 8. The molecule has 2 aromatic carbocycles. The first-order valence-electron chi connectivity index (χ1n) is 9.41. The summed E-state index contributed by atoms with van der Waals surface area (Å²) in [5, 5.41) is 31.6. The van der Waals surface area contributed by atoms with E-state index in [1.165, 1.54) is 30.7 Å². The standard InChI is InChI=1S/C21H14N10O2/c22-11-13-10-15(31(32)33)6-7-16(13)29-30-18-19(23)27-20(17-12-24-8-9-25-17)28-21(18)26-14-4-2-1-3-5-14/h1-10,12H,(H3,23,26,27,28). The lowest BCUT2D eigenvalue weighted by atomic mass is 10.2. The second kappa shape index (κ2) is 9.23. The van der Waals surface area contributed by atoms with Crippen LogP contribution < -0.4 is 11.1 Å². The molecule has 0 unspecified atom stereocenters. The summed E-state index contributed by atoms with van der Waals surface area (Å²) in [6.45, 7) is 0. The van der Waals surface area contributed by atoms with Gasteiger partial charge in [0.2, 0.25) is 0 Å². The Kier molecular flexibility index (Phi) is 5.86. The number of hydrogen-bond donors (Lipinski definition) is 2. The van der Waals surface area contributed by atoms with Crippen molar-refractivity contribution in [3.63, 3.8) is 0 Å². The first-order valence-corrected chi connectivity index (χ1v) is 9.41. The van der Waals surface area contributed by atoms with Crippen molar-refractivity contribution < 1.29 is 4.92 Å². The van der Waals surface area contributed by atoms with Crippen LogP contribution in [0.3, 0.4) is 0 Å². The lowest BCUT2D eigenvalue weighted by Crippen LogP contribution is -2.03. The van der Waals surface area contributed by atoms with Gasteiger partial charge in [-0.3, -0.25) is 15.1 Å². The van der Waals surface area contributed by atoms with E-state index in [-0.39, 0.29) is 40.1 Å². The number of nitro benzene ring substituents is 1. The first-order chi connectivity index (χ1) is 16.0. The molecule has 160 valence electrons. The predicted molar refractivity (Wildman–Crippen MR) is 119 cm³/mol. The van der Waals surface area contributed by atoms with Crippen molar-refractivity contribution in [3.8, 4) is 17.6 Å². The Morgan fingerprint density at radius 3 is 2.61 bits per heavy atom. The van der Waals surface area contributed by atoms with Crippen LogP contribution in [0.4, 0.5) is 34.4 Å². The number of anilines is 3. The van der Waals surface area contributed by atoms with Crippen LogP contribution in [0.25, 0.3) is 11.5 Å². The summed E-state index contributed by atoms with van der Waals surface area (Å²) in [5.74, 6) is 0.484. The topological polar surface area (TPSA) is 181 Å². The highest BCUT2D eigenvalue weighted by Gasteiger charge is 2.16. The lowest BCUT2D eigenvalue weighted by molar-refractivity contribution is -0.384. The molecule has 0 radical (unpaired) electrons. The second-order valence-corrected chi connectivity index (χ2v) is 6.48. The Morgan fingerprint density at radius 2 is 1.91 bits per heavy atom. The summed E-state index contributed by atoms with van der Waals surface area (Å²) in [7, 11) is 0. The number of hydrogen-bond acceptors (Lipinski definition) is 11. The van der Waals surface area contributed by atoms with Crippen molar-refractivity contribution in [3.05, 3.63) is 82.8 Å². The van der Waals surface area contributed by atoms with Crippen molar-refractivity contribution in [2.45, 2.75) is 0 Å². The van der Waals surface area contributed by atoms with E-state index in [4.69, 9.17) is 5.73 Å². The van der Waals surface area contributed by atoms with Crippen molar-refractivity contribution in [2.75, 3.05) is 11.1 Å². The maximum Gasteiger partial charge on any atom is 0.270 e. The molecule has 0 atom stereocenters. The van der Waals surface area contributed by atoms with E-state index in [9.17, 15) is 15.4 Å². The van der Waals surface area contributed by atoms with Crippen LogP contribution in [0.2, 0.25) is 0 Å². The van der Waals surface area contributed by atoms with Crippen LogP contribution >= 0.6 is 0 Å². The maximum atomic E-state index is 11.0. The summed E-state index contributed by atoms with van der Waals surface area (Å²) >= 11 is 0. The Bertz CT molecular complexity index is 1390. The number of non-ortho nitro benzene ring substituents is 1. The molecule has 33 heavy (non-hydrogen) atoms. The molecule has 0 bridgehead atoms. The monoisotopic (exact) mass is 438 g/mol. The minimum atomic E-state index is -0.597. The average Bonchev–Trinajstić information content (AvgIpc) is 2.84. The summed E-state index contributed by atoms with van der Waals surface area (Å²) in [4.78, 5) is 27.3. The zero-order chi connectivity index (χ0) is 23.2. The van der Waals surface area contributed by atoms with E-state index < -0.39 is 4.92 Å². The third-order valence-electron chi connectivity index (χ3n) is 4.31. The maximum absolute atomic E-state index is 11.0. The van der Waals surface area contributed by atoms with Gasteiger partial charge in [-0.05, 0) is 18.2 Å². The Morgan fingerprint density at radius 1 is 1.09 bits per heavy atom. The number of nitrogens with one attached hydrogen (secondary N) is 1. The molecule has 0 saturated heterocycles. The number of nitriles is 1. The van der Waals surface area contributed by atoms with Crippen LogP contribution in [0.1, 0.15) is 5.56 Å². The van der Waals surface area contributed by atoms with E-state index >= 15 is 0 Å². The third-order valence-corrected chi connectivity index (χ3v) is 4.31. The Labute approximate surface area is 186 Å². The molecule has 4 aromatic rings. The molecule has 2 heterocycles. The fourth-order valence-corrected chi connectivity index (χ4v) is 2.76. The fourth-order valence-electron chi connectivity index (χ4n) is 2.76. The van der Waals surface area contributed by atoms with E-state index in [0.29, 0.717) is 11.4 Å². The van der Waals surface area contributed by atoms with Crippen LogP contribution in [0.5, 0.6) is 0 Å². The van der Waals surface area contributed by atoms with Crippen molar-refractivity contribution >= 4 is 34.4 Å². The molecule has 3 N–H and O–H groups in total. The van der Waals surface area contributed by atoms with Crippen molar-refractivity contribution in [2.24, 2.45) is 10.2 Å². The Balaban J connectivity index is 1.79. The zero-order valence-electron chi connectivity index (χ0n) is 16.8. The van der Waals surface area contributed by atoms with Gasteiger partial charge in [-0.25, -0.2) is 15.0 Å². The quantitative estimate of drug-likeness (QED) is 0.249. The number of aromatic nitrogens is 4. The molecule has 0 saturated carbocycles. The smallest absolute Gasteiger partial charge is 0.270 e. The first kappa shape index (κ1) is 20.9. The number of nitro groups is 1. The van der Waals surface area contributed by atoms with E-state index in [2.05, 4.69) is 35.5 Å². The number of rotatable bonds is 6. The molecule has 2 aromatic heterocycles. The minimum absolute atomic E-state index is 0.00764. The van der Waals surface area contributed by atoms with Gasteiger partial charge in [0, 0.05) is 30.2 Å². The fraction of sp³-hybridized carbons (Fsp3) is 0. The Hall–Kier alpha value is -5.31. The van der Waals surface area contributed by atoms with Crippen molar-refractivity contribution in [1.82, 2.24) is 19.9 Å². The van der Waals surface area contributed by atoms with Gasteiger partial charge in [-0.15, -0.1) is 10.2 Å². The molecule has 0 amide bonds. The largest absolute Gasteiger partial charge is 0.382 e. The molecule has 0 spiro atoms. The van der Waals surface area contributed by atoms with Gasteiger partial charge in [-0.2, -0.15) is 5.26 Å². The number of para-hydroxylation sites is 1. The molecular weight excluding hydrogens is 424 g/mol. The number of benzene rings is 2. The van der Waals surface area contributed by atoms with Crippen LogP contribution in [-0.2, 0) is 0 Å². The van der Waals surface area contributed by atoms with E-state index in [0.717, 1.165) is 6.07 Å². The SMILES string of the molecule is N#Cc1cc([N+](=O)[O-])ccc1N=Nc1c(N)nc(-c2cnccn2)nc1Nc1ccccc1. The summed E-state index contributed by atoms with van der Waals surface area (Å²) < 4.78 is 0. The highest BCUT2D eigenvalue weighted by molar-refractivity contribution is 5.78. The number of azo groups is 1. The van der Waals surface area contributed by atoms with Gasteiger partial charge in [0.15, 0.2) is 23.1 Å². The third kappa shape index (κ3) is 4.72. The van der Waals surface area contributed by atoms with E-state index in [1.807, 2.05) is 36.4 Å². The molecule has 4 rings (SSSR count). The highest BCUT2D eigenvalue weighted by atomic mass is 16.6. The summed E-state index contributed by atoms with van der Waals surface area (Å²) in [6.07, 6.45) is 4.53. The number of nitrogen functional groups attached to an aromatic ring is 1.